The summed E-state index contributed by atoms with van der Waals surface area (Å²) < 4.78 is 1.92. The van der Waals surface area contributed by atoms with Crippen LogP contribution in [0, 0.1) is 11.3 Å². The first kappa shape index (κ1) is 12.2. The van der Waals surface area contributed by atoms with Crippen LogP contribution in [0.15, 0.2) is 18.6 Å². The number of aromatic nitrogens is 4. The largest absolute Gasteiger partial charge is 0.365 e. The molecule has 2 aromatic rings. The molecule has 0 saturated heterocycles. The molecule has 2 N–H and O–H groups in total. The number of hydrogen-bond acceptors (Lipinski definition) is 4. The minimum Gasteiger partial charge on any atom is -0.365 e. The molecule has 94 valence electrons. The fraction of sp³-hybridized carbons (Fsp3) is 0.417. The molecule has 2 heterocycles. The van der Waals surface area contributed by atoms with E-state index in [4.69, 9.17) is 5.26 Å². The van der Waals surface area contributed by atoms with E-state index in [1.165, 1.54) is 6.20 Å². The summed E-state index contributed by atoms with van der Waals surface area (Å²) in [5, 5.41) is 22.9. The van der Waals surface area contributed by atoms with Crippen molar-refractivity contribution in [2.75, 3.05) is 5.32 Å². The van der Waals surface area contributed by atoms with Crippen molar-refractivity contribution in [3.63, 3.8) is 0 Å². The highest BCUT2D eigenvalue weighted by molar-refractivity contribution is 5.50. The fourth-order valence-corrected chi connectivity index (χ4v) is 1.51. The molecular weight excluding hydrogens is 228 g/mol. The summed E-state index contributed by atoms with van der Waals surface area (Å²) in [5.74, 6) is 0.640. The molecule has 0 aromatic carbocycles. The van der Waals surface area contributed by atoms with Gasteiger partial charge in [-0.05, 0) is 20.8 Å². The number of nitrogens with zero attached hydrogens (tertiary/aromatic N) is 4. The van der Waals surface area contributed by atoms with Crippen molar-refractivity contribution in [3.05, 3.63) is 29.7 Å². The molecule has 18 heavy (non-hydrogen) atoms. The van der Waals surface area contributed by atoms with E-state index in [0.29, 0.717) is 17.9 Å². The number of H-pyrrole nitrogens is 1. The maximum absolute atomic E-state index is 8.85. The molecule has 0 unspecified atom stereocenters. The van der Waals surface area contributed by atoms with Gasteiger partial charge in [0.15, 0.2) is 0 Å². The summed E-state index contributed by atoms with van der Waals surface area (Å²) in [4.78, 5) is 0. The molecule has 0 aliphatic heterocycles. The first-order valence-electron chi connectivity index (χ1n) is 5.72. The average molecular weight is 244 g/mol. The molecule has 0 amide bonds. The zero-order valence-corrected chi connectivity index (χ0v) is 10.7. The van der Waals surface area contributed by atoms with Crippen LogP contribution in [0.3, 0.4) is 0 Å². The van der Waals surface area contributed by atoms with E-state index in [9.17, 15) is 0 Å². The van der Waals surface area contributed by atoms with Crippen LogP contribution in [0.2, 0.25) is 0 Å². The minimum atomic E-state index is -0.0238. The Morgan fingerprint density at radius 1 is 1.44 bits per heavy atom. The number of anilines is 1. The Kier molecular flexibility index (Phi) is 3.06. The van der Waals surface area contributed by atoms with Gasteiger partial charge >= 0.3 is 0 Å². The van der Waals surface area contributed by atoms with E-state index in [0.717, 1.165) is 5.56 Å². The van der Waals surface area contributed by atoms with E-state index in [2.05, 4.69) is 47.5 Å². The zero-order valence-electron chi connectivity index (χ0n) is 10.7. The average Bonchev–Trinajstić information content (AvgIpc) is 2.94. The van der Waals surface area contributed by atoms with Gasteiger partial charge in [0.25, 0.3) is 0 Å². The monoisotopic (exact) mass is 244 g/mol. The summed E-state index contributed by atoms with van der Waals surface area (Å²) in [7, 11) is 0. The van der Waals surface area contributed by atoms with Crippen LogP contribution >= 0.6 is 0 Å². The maximum atomic E-state index is 8.85. The van der Waals surface area contributed by atoms with Crippen LogP contribution in [0.1, 0.15) is 31.9 Å². The number of rotatable bonds is 3. The van der Waals surface area contributed by atoms with Gasteiger partial charge in [-0.3, -0.25) is 9.78 Å². The normalized spacial score (nSPS) is 11.2. The highest BCUT2D eigenvalue weighted by Gasteiger charge is 2.14. The van der Waals surface area contributed by atoms with Crippen LogP contribution < -0.4 is 5.32 Å². The van der Waals surface area contributed by atoms with Gasteiger partial charge < -0.3 is 5.32 Å². The van der Waals surface area contributed by atoms with Crippen molar-refractivity contribution in [2.24, 2.45) is 0 Å². The molecule has 2 aromatic heterocycles. The molecule has 2 rings (SSSR count). The Bertz CT molecular complexity index is 566. The summed E-state index contributed by atoms with van der Waals surface area (Å²) in [5.41, 5.74) is 1.55. The molecule has 0 aliphatic rings. The van der Waals surface area contributed by atoms with Crippen molar-refractivity contribution in [2.45, 2.75) is 32.9 Å². The Hall–Kier alpha value is -2.29. The quantitative estimate of drug-likeness (QED) is 0.863. The molecule has 0 atom stereocenters. The van der Waals surface area contributed by atoms with Crippen molar-refractivity contribution >= 4 is 5.82 Å². The van der Waals surface area contributed by atoms with Gasteiger partial charge in [0, 0.05) is 18.3 Å². The van der Waals surface area contributed by atoms with Crippen LogP contribution in [0.25, 0.3) is 0 Å². The summed E-state index contributed by atoms with van der Waals surface area (Å²) in [6.07, 6.45) is 5.32. The molecule has 0 saturated carbocycles. The third-order valence-electron chi connectivity index (χ3n) is 2.55. The number of nitriles is 1. The fourth-order valence-electron chi connectivity index (χ4n) is 1.51. The Labute approximate surface area is 106 Å². The topological polar surface area (TPSA) is 82.3 Å². The molecular formula is C12H16N6. The van der Waals surface area contributed by atoms with Gasteiger partial charge in [0.1, 0.15) is 17.5 Å². The van der Waals surface area contributed by atoms with E-state index < -0.39 is 0 Å². The second-order valence-corrected chi connectivity index (χ2v) is 5.09. The summed E-state index contributed by atoms with van der Waals surface area (Å²) >= 11 is 0. The first-order chi connectivity index (χ1) is 8.50. The van der Waals surface area contributed by atoms with Gasteiger partial charge in [-0.25, -0.2) is 0 Å². The zero-order chi connectivity index (χ0) is 13.2. The highest BCUT2D eigenvalue weighted by atomic mass is 15.3. The lowest BCUT2D eigenvalue weighted by Gasteiger charge is -2.18. The Morgan fingerprint density at radius 3 is 2.83 bits per heavy atom. The molecule has 0 aliphatic carbocycles. The first-order valence-corrected chi connectivity index (χ1v) is 5.72. The van der Waals surface area contributed by atoms with Gasteiger partial charge in [-0.15, -0.1) is 0 Å². The second kappa shape index (κ2) is 4.53. The third-order valence-corrected chi connectivity index (χ3v) is 2.55. The van der Waals surface area contributed by atoms with Crippen molar-refractivity contribution in [1.82, 2.24) is 20.0 Å². The molecule has 0 spiro atoms. The van der Waals surface area contributed by atoms with Gasteiger partial charge in [-0.1, -0.05) is 0 Å². The molecule has 0 fully saturated rings. The number of hydrogen-bond donors (Lipinski definition) is 2. The van der Waals surface area contributed by atoms with E-state index in [1.807, 2.05) is 17.1 Å². The van der Waals surface area contributed by atoms with Gasteiger partial charge in [-0.2, -0.15) is 15.5 Å². The Morgan fingerprint density at radius 2 is 2.22 bits per heavy atom. The minimum absolute atomic E-state index is 0.0238. The Balaban J connectivity index is 2.03. The molecule has 0 radical (unpaired) electrons. The predicted octanol–water partition coefficient (Wildman–Crippen LogP) is 1.84. The smallest absolute Gasteiger partial charge is 0.139 e. The standard InChI is InChI=1S/C12H16N6/c1-12(2,3)18-8-9(6-16-18)5-14-11-10(4-13)7-15-17-11/h6-8H,5H2,1-3H3,(H2,14,15,17). The van der Waals surface area contributed by atoms with Crippen LogP contribution in [0.4, 0.5) is 5.82 Å². The van der Waals surface area contributed by atoms with Crippen molar-refractivity contribution in [1.29, 1.82) is 5.26 Å². The lowest BCUT2D eigenvalue weighted by molar-refractivity contribution is 0.355. The summed E-state index contributed by atoms with van der Waals surface area (Å²) in [6.45, 7) is 6.90. The predicted molar refractivity (Wildman–Crippen MR) is 67.9 cm³/mol. The van der Waals surface area contributed by atoms with E-state index in [1.54, 1.807) is 0 Å². The van der Waals surface area contributed by atoms with Gasteiger partial charge in [0.2, 0.25) is 0 Å². The molecule has 6 nitrogen and oxygen atoms in total. The van der Waals surface area contributed by atoms with E-state index in [-0.39, 0.29) is 5.54 Å². The highest BCUT2D eigenvalue weighted by Crippen LogP contribution is 2.15. The van der Waals surface area contributed by atoms with Gasteiger partial charge in [0.05, 0.1) is 17.9 Å². The maximum Gasteiger partial charge on any atom is 0.139 e. The molecule has 6 heteroatoms. The number of nitrogens with one attached hydrogen (secondary N) is 2. The van der Waals surface area contributed by atoms with Crippen LogP contribution in [-0.4, -0.2) is 20.0 Å². The SMILES string of the molecule is CC(C)(C)n1cc(CNc2[nH]ncc2C#N)cn1. The number of aromatic amines is 1. The molecule has 0 bridgehead atoms. The van der Waals surface area contributed by atoms with Crippen molar-refractivity contribution in [3.8, 4) is 6.07 Å². The third kappa shape index (κ3) is 2.51. The summed E-state index contributed by atoms with van der Waals surface area (Å²) in [6, 6.07) is 2.06. The van der Waals surface area contributed by atoms with Crippen LogP contribution in [-0.2, 0) is 12.1 Å². The van der Waals surface area contributed by atoms with Crippen LogP contribution in [0.5, 0.6) is 0 Å². The van der Waals surface area contributed by atoms with Crippen molar-refractivity contribution < 1.29 is 0 Å². The van der Waals surface area contributed by atoms with E-state index >= 15 is 0 Å². The second-order valence-electron chi connectivity index (χ2n) is 5.09. The lowest BCUT2D eigenvalue weighted by atomic mass is 10.1. The lowest BCUT2D eigenvalue weighted by Crippen LogP contribution is -2.21.